The highest BCUT2D eigenvalue weighted by Crippen LogP contribution is 2.34. The molecule has 2 rings (SSSR count). The van der Waals surface area contributed by atoms with Gasteiger partial charge in [-0.2, -0.15) is 0 Å². The summed E-state index contributed by atoms with van der Waals surface area (Å²) in [5, 5.41) is 6.44. The van der Waals surface area contributed by atoms with E-state index in [-0.39, 0.29) is 5.97 Å². The molecule has 1 heterocycles. The van der Waals surface area contributed by atoms with Crippen molar-refractivity contribution < 1.29 is 9.53 Å². The van der Waals surface area contributed by atoms with Gasteiger partial charge in [-0.15, -0.1) is 11.3 Å². The number of benzene rings is 1. The number of esters is 1. The first kappa shape index (κ1) is 13.1. The molecule has 18 heavy (non-hydrogen) atoms. The zero-order valence-corrected chi connectivity index (χ0v) is 11.6. The minimum Gasteiger partial charge on any atom is -0.426 e. The molecular formula is C14H17NO2S. The second-order valence-corrected chi connectivity index (χ2v) is 5.29. The summed E-state index contributed by atoms with van der Waals surface area (Å²) in [4.78, 5) is 11.1. The molecule has 0 aliphatic carbocycles. The predicted molar refractivity (Wildman–Crippen MR) is 75.4 cm³/mol. The number of thiophene rings is 1. The lowest BCUT2D eigenvalue weighted by atomic mass is 10.1. The Hall–Kier alpha value is -1.39. The van der Waals surface area contributed by atoms with E-state index in [9.17, 15) is 4.79 Å². The third kappa shape index (κ3) is 2.71. The first-order valence-corrected chi connectivity index (χ1v) is 6.84. The number of hydrogen-bond donors (Lipinski definition) is 1. The van der Waals surface area contributed by atoms with Crippen molar-refractivity contribution in [1.82, 2.24) is 5.32 Å². The third-order valence-electron chi connectivity index (χ3n) is 2.91. The van der Waals surface area contributed by atoms with Gasteiger partial charge < -0.3 is 10.1 Å². The molecule has 0 spiro atoms. The van der Waals surface area contributed by atoms with E-state index in [1.807, 2.05) is 19.2 Å². The quantitative estimate of drug-likeness (QED) is 0.681. The number of carbonyl (C=O) groups is 1. The average molecular weight is 263 g/mol. The number of nitrogens with one attached hydrogen (secondary N) is 1. The molecule has 0 radical (unpaired) electrons. The first-order chi connectivity index (χ1) is 8.61. The number of rotatable bonds is 4. The van der Waals surface area contributed by atoms with Crippen molar-refractivity contribution in [3.8, 4) is 5.75 Å². The van der Waals surface area contributed by atoms with Crippen molar-refractivity contribution >= 4 is 27.4 Å². The van der Waals surface area contributed by atoms with Crippen LogP contribution in [0.4, 0.5) is 0 Å². The minimum absolute atomic E-state index is 0.277. The van der Waals surface area contributed by atoms with Gasteiger partial charge in [-0.25, -0.2) is 0 Å². The topological polar surface area (TPSA) is 38.3 Å². The molecule has 0 bridgehead atoms. The van der Waals surface area contributed by atoms with Gasteiger partial charge in [0.25, 0.3) is 0 Å². The van der Waals surface area contributed by atoms with Crippen molar-refractivity contribution in [1.29, 1.82) is 0 Å². The maximum Gasteiger partial charge on any atom is 0.308 e. The number of fused-ring (bicyclic) bond motifs is 1. The molecule has 3 nitrogen and oxygen atoms in total. The molecule has 1 unspecified atom stereocenters. The Labute approximate surface area is 111 Å². The summed E-state index contributed by atoms with van der Waals surface area (Å²) >= 11 is 1.69. The monoisotopic (exact) mass is 263 g/mol. The van der Waals surface area contributed by atoms with Crippen LogP contribution in [0.15, 0.2) is 23.6 Å². The van der Waals surface area contributed by atoms with E-state index >= 15 is 0 Å². The van der Waals surface area contributed by atoms with Crippen LogP contribution in [0.3, 0.4) is 0 Å². The molecule has 1 aromatic heterocycles. The fourth-order valence-corrected chi connectivity index (χ4v) is 2.93. The lowest BCUT2D eigenvalue weighted by molar-refractivity contribution is -0.131. The zero-order chi connectivity index (χ0) is 13.1. The highest BCUT2D eigenvalue weighted by atomic mass is 32.1. The van der Waals surface area contributed by atoms with Crippen LogP contribution in [0.25, 0.3) is 10.1 Å². The Morgan fingerprint density at radius 1 is 1.50 bits per heavy atom. The summed E-state index contributed by atoms with van der Waals surface area (Å²) in [6.07, 6.45) is 0.925. The molecule has 0 saturated heterocycles. The summed E-state index contributed by atoms with van der Waals surface area (Å²) < 4.78 is 6.45. The summed E-state index contributed by atoms with van der Waals surface area (Å²) in [6, 6.07) is 6.22. The molecule has 96 valence electrons. The van der Waals surface area contributed by atoms with E-state index in [2.05, 4.69) is 23.7 Å². The van der Waals surface area contributed by atoms with E-state index in [1.54, 1.807) is 11.3 Å². The van der Waals surface area contributed by atoms with Gasteiger partial charge in [0, 0.05) is 23.1 Å². The van der Waals surface area contributed by atoms with E-state index < -0.39 is 0 Å². The van der Waals surface area contributed by atoms with Gasteiger partial charge in [0.2, 0.25) is 0 Å². The van der Waals surface area contributed by atoms with E-state index in [4.69, 9.17) is 4.74 Å². The van der Waals surface area contributed by atoms with Gasteiger partial charge in [0.05, 0.1) is 0 Å². The zero-order valence-electron chi connectivity index (χ0n) is 10.8. The van der Waals surface area contributed by atoms with Crippen molar-refractivity contribution in [2.75, 3.05) is 7.05 Å². The average Bonchev–Trinajstić information content (AvgIpc) is 2.73. The SMILES string of the molecule is CNC(C)Cc1csc2cccc(OC(C)=O)c12. The van der Waals surface area contributed by atoms with Gasteiger partial charge in [-0.1, -0.05) is 6.07 Å². The van der Waals surface area contributed by atoms with E-state index in [0.29, 0.717) is 11.8 Å². The molecule has 0 amide bonds. The van der Waals surface area contributed by atoms with E-state index in [1.165, 1.54) is 12.5 Å². The summed E-state index contributed by atoms with van der Waals surface area (Å²) in [5.41, 5.74) is 1.23. The van der Waals surface area contributed by atoms with Crippen LogP contribution in [-0.2, 0) is 11.2 Å². The molecule has 2 aromatic rings. The fraction of sp³-hybridized carbons (Fsp3) is 0.357. The molecule has 0 aliphatic rings. The van der Waals surface area contributed by atoms with Crippen molar-refractivity contribution in [2.24, 2.45) is 0 Å². The van der Waals surface area contributed by atoms with Gasteiger partial charge in [-0.05, 0) is 43.5 Å². The van der Waals surface area contributed by atoms with Crippen LogP contribution in [0.5, 0.6) is 5.75 Å². The molecule has 4 heteroatoms. The van der Waals surface area contributed by atoms with Crippen LogP contribution in [0, 0.1) is 0 Å². The number of likely N-dealkylation sites (N-methyl/N-ethyl adjacent to an activating group) is 1. The fourth-order valence-electron chi connectivity index (χ4n) is 1.94. The van der Waals surface area contributed by atoms with Crippen LogP contribution < -0.4 is 10.1 Å². The second-order valence-electron chi connectivity index (χ2n) is 4.38. The molecule has 1 atom stereocenters. The first-order valence-electron chi connectivity index (χ1n) is 5.96. The number of carbonyl (C=O) groups excluding carboxylic acids is 1. The van der Waals surface area contributed by atoms with Crippen LogP contribution in [0.1, 0.15) is 19.4 Å². The second kappa shape index (κ2) is 5.50. The van der Waals surface area contributed by atoms with Gasteiger partial charge in [0.1, 0.15) is 5.75 Å². The Kier molecular flexibility index (Phi) is 3.99. The Morgan fingerprint density at radius 3 is 2.94 bits per heavy atom. The van der Waals surface area contributed by atoms with Crippen molar-refractivity contribution in [2.45, 2.75) is 26.3 Å². The Balaban J connectivity index is 2.44. The number of hydrogen-bond acceptors (Lipinski definition) is 4. The van der Waals surface area contributed by atoms with Gasteiger partial charge in [0.15, 0.2) is 0 Å². The smallest absolute Gasteiger partial charge is 0.308 e. The minimum atomic E-state index is -0.277. The third-order valence-corrected chi connectivity index (χ3v) is 3.91. The molecular weight excluding hydrogens is 246 g/mol. The lowest BCUT2D eigenvalue weighted by Gasteiger charge is -2.10. The molecule has 0 saturated carbocycles. The van der Waals surface area contributed by atoms with Crippen LogP contribution in [-0.4, -0.2) is 19.1 Å². The summed E-state index contributed by atoms with van der Waals surface area (Å²) in [6.45, 7) is 3.57. The highest BCUT2D eigenvalue weighted by Gasteiger charge is 2.13. The van der Waals surface area contributed by atoms with Crippen LogP contribution in [0.2, 0.25) is 0 Å². The van der Waals surface area contributed by atoms with Crippen molar-refractivity contribution in [3.63, 3.8) is 0 Å². The predicted octanol–water partition coefficient (Wildman–Crippen LogP) is 2.98. The molecule has 1 aromatic carbocycles. The lowest BCUT2D eigenvalue weighted by Crippen LogP contribution is -2.23. The number of ether oxygens (including phenoxy) is 1. The van der Waals surface area contributed by atoms with Crippen LogP contribution >= 0.6 is 11.3 Å². The molecule has 0 fully saturated rings. The largest absolute Gasteiger partial charge is 0.426 e. The van der Waals surface area contributed by atoms with Gasteiger partial charge in [-0.3, -0.25) is 4.79 Å². The van der Waals surface area contributed by atoms with Gasteiger partial charge >= 0.3 is 5.97 Å². The maximum atomic E-state index is 11.1. The van der Waals surface area contributed by atoms with E-state index in [0.717, 1.165) is 16.5 Å². The summed E-state index contributed by atoms with van der Waals surface area (Å²) in [5.74, 6) is 0.390. The standard InChI is InChI=1S/C14H17NO2S/c1-9(15-3)7-11-8-18-13-6-4-5-12(14(11)13)17-10(2)16/h4-6,8-9,15H,7H2,1-3H3. The highest BCUT2D eigenvalue weighted by molar-refractivity contribution is 7.17. The summed E-state index contributed by atoms with van der Waals surface area (Å²) in [7, 11) is 1.95. The molecule has 1 N–H and O–H groups in total. The Bertz CT molecular complexity index is 562. The maximum absolute atomic E-state index is 11.1. The Morgan fingerprint density at radius 2 is 2.28 bits per heavy atom. The molecule has 0 aliphatic heterocycles. The van der Waals surface area contributed by atoms with Crippen molar-refractivity contribution in [3.05, 3.63) is 29.1 Å². The normalized spacial score (nSPS) is 12.6.